The van der Waals surface area contributed by atoms with E-state index in [0.717, 1.165) is 25.2 Å². The lowest BCUT2D eigenvalue weighted by molar-refractivity contribution is 0.0385. The molecule has 7 nitrogen and oxygen atoms in total. The molecule has 0 fully saturated rings. The maximum absolute atomic E-state index is 9.79. The molecule has 21 heavy (non-hydrogen) atoms. The van der Waals surface area contributed by atoms with Crippen molar-refractivity contribution in [1.82, 2.24) is 25.3 Å². The van der Waals surface area contributed by atoms with Gasteiger partial charge in [0.2, 0.25) is 0 Å². The lowest BCUT2D eigenvalue weighted by atomic mass is 10.3. The summed E-state index contributed by atoms with van der Waals surface area (Å²) in [5.41, 5.74) is 2.91. The number of nitrogens with zero attached hydrogens (tertiary/aromatic N) is 4. The van der Waals surface area contributed by atoms with E-state index in [0.29, 0.717) is 19.8 Å². The molecule has 2 N–H and O–H groups in total. The highest BCUT2D eigenvalue weighted by atomic mass is 32.1. The largest absolute Gasteiger partial charge is 0.389 e. The average Bonchev–Trinajstić information content (AvgIpc) is 3.12. The third-order valence-corrected chi connectivity index (χ3v) is 3.99. The third kappa shape index (κ3) is 5.88. The van der Waals surface area contributed by atoms with Crippen LogP contribution in [0.2, 0.25) is 0 Å². The summed E-state index contributed by atoms with van der Waals surface area (Å²) in [4.78, 5) is 5.44. The monoisotopic (exact) mass is 311 g/mol. The van der Waals surface area contributed by atoms with Crippen LogP contribution in [0.4, 0.5) is 0 Å². The van der Waals surface area contributed by atoms with Gasteiger partial charge in [-0.15, -0.1) is 16.4 Å². The van der Waals surface area contributed by atoms with E-state index in [4.69, 9.17) is 4.74 Å². The van der Waals surface area contributed by atoms with Crippen LogP contribution in [-0.2, 0) is 17.7 Å². The predicted octanol–water partition coefficient (Wildman–Crippen LogP) is 0.253. The molecule has 0 aliphatic carbocycles. The minimum atomic E-state index is -0.497. The van der Waals surface area contributed by atoms with Crippen LogP contribution in [0.15, 0.2) is 17.9 Å². The van der Waals surface area contributed by atoms with Gasteiger partial charge in [0.1, 0.15) is 0 Å². The number of aryl methyl sites for hydroxylation is 1. The molecule has 2 heterocycles. The Kier molecular flexibility index (Phi) is 6.74. The number of aromatic nitrogens is 4. The Hall–Kier alpha value is -1.35. The third-order valence-electron chi connectivity index (χ3n) is 3.00. The van der Waals surface area contributed by atoms with E-state index in [9.17, 15) is 5.11 Å². The first-order valence-corrected chi connectivity index (χ1v) is 7.83. The highest BCUT2D eigenvalue weighted by Crippen LogP contribution is 2.12. The van der Waals surface area contributed by atoms with E-state index in [2.05, 4.69) is 20.6 Å². The molecule has 2 aromatic rings. The molecule has 1 atom stereocenters. The van der Waals surface area contributed by atoms with Gasteiger partial charge < -0.3 is 15.2 Å². The van der Waals surface area contributed by atoms with Crippen LogP contribution in [0, 0.1) is 6.92 Å². The van der Waals surface area contributed by atoms with Gasteiger partial charge in [-0.2, -0.15) is 0 Å². The fraction of sp³-hybridized carbons (Fsp3) is 0.615. The van der Waals surface area contributed by atoms with Gasteiger partial charge in [0.05, 0.1) is 43.3 Å². The molecule has 116 valence electrons. The van der Waals surface area contributed by atoms with Gasteiger partial charge in [-0.1, -0.05) is 5.21 Å². The van der Waals surface area contributed by atoms with Crippen molar-refractivity contribution in [2.75, 3.05) is 26.3 Å². The van der Waals surface area contributed by atoms with Crippen molar-refractivity contribution in [1.29, 1.82) is 0 Å². The first-order valence-electron chi connectivity index (χ1n) is 6.95. The van der Waals surface area contributed by atoms with E-state index in [1.807, 2.05) is 18.6 Å². The Labute approximate surface area is 128 Å². The summed E-state index contributed by atoms with van der Waals surface area (Å²) in [6, 6.07) is 0. The molecule has 0 aliphatic heterocycles. The minimum absolute atomic E-state index is 0.341. The number of aliphatic hydroxyl groups excluding tert-OH is 1. The van der Waals surface area contributed by atoms with Crippen molar-refractivity contribution in [3.63, 3.8) is 0 Å². The maximum Gasteiger partial charge on any atom is 0.0897 e. The zero-order chi connectivity index (χ0) is 14.9. The van der Waals surface area contributed by atoms with Gasteiger partial charge in [-0.05, 0) is 6.92 Å². The van der Waals surface area contributed by atoms with Crippen molar-refractivity contribution in [2.24, 2.45) is 0 Å². The Bertz CT molecular complexity index is 502. The van der Waals surface area contributed by atoms with Crippen molar-refractivity contribution in [3.8, 4) is 0 Å². The molecule has 0 bridgehead atoms. The number of aliphatic hydroxyl groups is 1. The smallest absolute Gasteiger partial charge is 0.0897 e. The molecule has 0 radical (unpaired) electrons. The number of hydrogen-bond donors (Lipinski definition) is 2. The summed E-state index contributed by atoms with van der Waals surface area (Å²) < 4.78 is 7.23. The van der Waals surface area contributed by atoms with Crippen molar-refractivity contribution >= 4 is 11.3 Å². The molecule has 8 heteroatoms. The van der Waals surface area contributed by atoms with Gasteiger partial charge in [-0.25, -0.2) is 4.98 Å². The van der Waals surface area contributed by atoms with Gasteiger partial charge in [-0.3, -0.25) is 4.68 Å². The quantitative estimate of drug-likeness (QED) is 0.612. The summed E-state index contributed by atoms with van der Waals surface area (Å²) >= 11 is 1.64. The Morgan fingerprint density at radius 1 is 1.52 bits per heavy atom. The fourth-order valence-electron chi connectivity index (χ4n) is 1.82. The second-order valence-electron chi connectivity index (χ2n) is 4.71. The normalized spacial score (nSPS) is 12.7. The Morgan fingerprint density at radius 3 is 3.14 bits per heavy atom. The van der Waals surface area contributed by atoms with Gasteiger partial charge >= 0.3 is 0 Å². The second kappa shape index (κ2) is 8.83. The van der Waals surface area contributed by atoms with Crippen LogP contribution in [0.5, 0.6) is 0 Å². The molecule has 0 aliphatic rings. The van der Waals surface area contributed by atoms with Gasteiger partial charge in [0, 0.05) is 30.6 Å². The molecule has 0 saturated carbocycles. The Morgan fingerprint density at radius 2 is 2.43 bits per heavy atom. The molecule has 0 spiro atoms. The zero-order valence-corrected chi connectivity index (χ0v) is 12.9. The zero-order valence-electron chi connectivity index (χ0n) is 12.1. The first-order chi connectivity index (χ1) is 10.3. The van der Waals surface area contributed by atoms with E-state index < -0.39 is 6.10 Å². The van der Waals surface area contributed by atoms with Crippen LogP contribution in [0.3, 0.4) is 0 Å². The lowest BCUT2D eigenvalue weighted by Crippen LogP contribution is -2.32. The van der Waals surface area contributed by atoms with Crippen molar-refractivity contribution in [2.45, 2.75) is 26.0 Å². The van der Waals surface area contributed by atoms with Crippen LogP contribution in [0.25, 0.3) is 0 Å². The van der Waals surface area contributed by atoms with Crippen LogP contribution < -0.4 is 5.32 Å². The summed E-state index contributed by atoms with van der Waals surface area (Å²) in [5.74, 6) is 0. The van der Waals surface area contributed by atoms with Gasteiger partial charge in [0.25, 0.3) is 0 Å². The number of rotatable bonds is 10. The predicted molar refractivity (Wildman–Crippen MR) is 80.3 cm³/mol. The molecule has 0 amide bonds. The lowest BCUT2D eigenvalue weighted by Gasteiger charge is -2.12. The number of thiazole rings is 1. The molecule has 2 aromatic heterocycles. The standard InChI is InChI=1S/C13H21N5O2S/c1-11-13(21-10-15-11)2-7-20-9-12(19)8-14-3-5-18-6-4-16-17-18/h4,6,10,12,14,19H,2-3,5,7-9H2,1H3. The van der Waals surface area contributed by atoms with Crippen molar-refractivity contribution < 1.29 is 9.84 Å². The van der Waals surface area contributed by atoms with E-state index in [-0.39, 0.29) is 0 Å². The van der Waals surface area contributed by atoms with Crippen LogP contribution in [0.1, 0.15) is 10.6 Å². The van der Waals surface area contributed by atoms with Crippen molar-refractivity contribution in [3.05, 3.63) is 28.5 Å². The maximum atomic E-state index is 9.79. The fourth-order valence-corrected chi connectivity index (χ4v) is 2.59. The molecular weight excluding hydrogens is 290 g/mol. The summed E-state index contributed by atoms with van der Waals surface area (Å²) in [6.07, 6.45) is 3.81. The summed E-state index contributed by atoms with van der Waals surface area (Å²) in [5, 5.41) is 20.5. The summed E-state index contributed by atoms with van der Waals surface area (Å²) in [7, 11) is 0. The number of nitrogens with one attached hydrogen (secondary N) is 1. The number of ether oxygens (including phenoxy) is 1. The molecule has 1 unspecified atom stereocenters. The number of hydrogen-bond acceptors (Lipinski definition) is 7. The molecule has 0 saturated heterocycles. The summed E-state index contributed by atoms with van der Waals surface area (Å²) in [6.45, 7) is 4.93. The SMILES string of the molecule is Cc1ncsc1CCOCC(O)CNCCn1ccnn1. The second-order valence-corrected chi connectivity index (χ2v) is 5.65. The van der Waals surface area contributed by atoms with Crippen LogP contribution >= 0.6 is 11.3 Å². The molecular formula is C13H21N5O2S. The molecule has 0 aromatic carbocycles. The topological polar surface area (TPSA) is 85.1 Å². The van der Waals surface area contributed by atoms with E-state index in [1.165, 1.54) is 4.88 Å². The first kappa shape index (κ1) is 16.0. The molecule has 2 rings (SSSR count). The van der Waals surface area contributed by atoms with E-state index >= 15 is 0 Å². The average molecular weight is 311 g/mol. The van der Waals surface area contributed by atoms with E-state index in [1.54, 1.807) is 22.2 Å². The Balaban J connectivity index is 1.47. The highest BCUT2D eigenvalue weighted by molar-refractivity contribution is 7.09. The highest BCUT2D eigenvalue weighted by Gasteiger charge is 2.05. The van der Waals surface area contributed by atoms with Gasteiger partial charge in [0.15, 0.2) is 0 Å². The minimum Gasteiger partial charge on any atom is -0.389 e. The van der Waals surface area contributed by atoms with Crippen LogP contribution in [-0.4, -0.2) is 57.5 Å².